The smallest absolute Gasteiger partial charge is 0.105 e. The van der Waals surface area contributed by atoms with Gasteiger partial charge in [-0.15, -0.1) is 13.2 Å². The summed E-state index contributed by atoms with van der Waals surface area (Å²) < 4.78 is 10.8. The molecule has 0 saturated carbocycles. The number of hydrogen-bond acceptors (Lipinski definition) is 4. The van der Waals surface area contributed by atoms with E-state index in [9.17, 15) is 0 Å². The molecule has 2 N–H and O–H groups in total. The van der Waals surface area contributed by atoms with Crippen LogP contribution in [-0.2, 0) is 9.47 Å². The number of aliphatic hydroxyl groups is 2. The molecular formula is C12H22O4. The van der Waals surface area contributed by atoms with Crippen LogP contribution in [0.5, 0.6) is 0 Å². The SMILES string of the molecule is C=CC(OCC(C)O)C(C=C)OCC(C)O. The Kier molecular flexibility index (Phi) is 8.11. The largest absolute Gasteiger partial charge is 0.391 e. The first kappa shape index (κ1) is 15.3. The maximum absolute atomic E-state index is 9.10. The molecule has 0 aliphatic carbocycles. The number of rotatable bonds is 9. The van der Waals surface area contributed by atoms with E-state index < -0.39 is 12.2 Å². The van der Waals surface area contributed by atoms with Crippen molar-refractivity contribution in [3.8, 4) is 0 Å². The van der Waals surface area contributed by atoms with Crippen molar-refractivity contribution in [2.75, 3.05) is 13.2 Å². The van der Waals surface area contributed by atoms with E-state index in [0.717, 1.165) is 0 Å². The Labute approximate surface area is 97.2 Å². The van der Waals surface area contributed by atoms with Crippen LogP contribution in [-0.4, -0.2) is 47.8 Å². The van der Waals surface area contributed by atoms with Crippen LogP contribution in [0.2, 0.25) is 0 Å². The zero-order valence-corrected chi connectivity index (χ0v) is 10.0. The van der Waals surface area contributed by atoms with Crippen molar-refractivity contribution < 1.29 is 19.7 Å². The van der Waals surface area contributed by atoms with Crippen molar-refractivity contribution in [2.45, 2.75) is 38.3 Å². The van der Waals surface area contributed by atoms with Gasteiger partial charge in [-0.25, -0.2) is 0 Å². The van der Waals surface area contributed by atoms with Crippen LogP contribution in [0.25, 0.3) is 0 Å². The molecule has 4 unspecified atom stereocenters. The summed E-state index contributed by atoms with van der Waals surface area (Å²) in [4.78, 5) is 0. The maximum atomic E-state index is 9.10. The van der Waals surface area contributed by atoms with Gasteiger partial charge in [-0.05, 0) is 13.8 Å². The molecule has 0 aromatic heterocycles. The van der Waals surface area contributed by atoms with Gasteiger partial charge < -0.3 is 19.7 Å². The third-order valence-electron chi connectivity index (χ3n) is 1.85. The van der Waals surface area contributed by atoms with E-state index in [1.54, 1.807) is 26.0 Å². The maximum Gasteiger partial charge on any atom is 0.105 e. The second-order valence-corrected chi connectivity index (χ2v) is 3.77. The van der Waals surface area contributed by atoms with Crippen LogP contribution in [0.1, 0.15) is 13.8 Å². The van der Waals surface area contributed by atoms with Crippen molar-refractivity contribution in [2.24, 2.45) is 0 Å². The Bertz CT molecular complexity index is 179. The van der Waals surface area contributed by atoms with Crippen molar-refractivity contribution in [3.63, 3.8) is 0 Å². The molecule has 94 valence electrons. The molecule has 4 heteroatoms. The zero-order chi connectivity index (χ0) is 12.6. The quantitative estimate of drug-likeness (QED) is 0.578. The molecule has 0 aromatic rings. The van der Waals surface area contributed by atoms with E-state index in [4.69, 9.17) is 19.7 Å². The summed E-state index contributed by atoms with van der Waals surface area (Å²) in [5, 5.41) is 18.2. The van der Waals surface area contributed by atoms with Crippen molar-refractivity contribution in [1.29, 1.82) is 0 Å². The third kappa shape index (κ3) is 6.74. The Morgan fingerprint density at radius 3 is 1.44 bits per heavy atom. The molecule has 0 aromatic carbocycles. The molecular weight excluding hydrogens is 208 g/mol. The minimum Gasteiger partial charge on any atom is -0.391 e. The first-order valence-electron chi connectivity index (χ1n) is 5.35. The zero-order valence-electron chi connectivity index (χ0n) is 10.0. The summed E-state index contributed by atoms with van der Waals surface area (Å²) in [5.41, 5.74) is 0. The van der Waals surface area contributed by atoms with Crippen LogP contribution >= 0.6 is 0 Å². The van der Waals surface area contributed by atoms with E-state index in [1.165, 1.54) is 0 Å². The Morgan fingerprint density at radius 1 is 0.938 bits per heavy atom. The molecule has 0 radical (unpaired) electrons. The highest BCUT2D eigenvalue weighted by Crippen LogP contribution is 2.08. The van der Waals surface area contributed by atoms with Gasteiger partial charge in [0.15, 0.2) is 0 Å². The monoisotopic (exact) mass is 230 g/mol. The molecule has 0 amide bonds. The number of hydrogen-bond donors (Lipinski definition) is 2. The fourth-order valence-electron chi connectivity index (χ4n) is 1.09. The standard InChI is InChI=1S/C12H22O4/c1-5-11(15-7-9(3)13)12(6-2)16-8-10(4)14/h5-6,9-14H,1-2,7-8H2,3-4H3. The summed E-state index contributed by atoms with van der Waals surface area (Å²) in [6.45, 7) is 11.0. The van der Waals surface area contributed by atoms with E-state index in [1.807, 2.05) is 0 Å². The van der Waals surface area contributed by atoms with Gasteiger partial charge in [0.05, 0.1) is 25.4 Å². The van der Waals surface area contributed by atoms with Gasteiger partial charge in [0.1, 0.15) is 12.2 Å². The normalized spacial score (nSPS) is 18.5. The molecule has 16 heavy (non-hydrogen) atoms. The highest BCUT2D eigenvalue weighted by atomic mass is 16.5. The van der Waals surface area contributed by atoms with Gasteiger partial charge in [-0.3, -0.25) is 0 Å². The lowest BCUT2D eigenvalue weighted by Gasteiger charge is -2.23. The highest BCUT2D eigenvalue weighted by molar-refractivity contribution is 4.96. The lowest BCUT2D eigenvalue weighted by Crippen LogP contribution is -2.32. The summed E-state index contributed by atoms with van der Waals surface area (Å²) in [5.74, 6) is 0. The van der Waals surface area contributed by atoms with E-state index >= 15 is 0 Å². The first-order valence-corrected chi connectivity index (χ1v) is 5.35. The molecule has 0 aliphatic rings. The summed E-state index contributed by atoms with van der Waals surface area (Å²) >= 11 is 0. The first-order chi connectivity index (χ1) is 7.51. The average Bonchev–Trinajstić information content (AvgIpc) is 2.22. The molecule has 4 atom stereocenters. The molecule has 0 heterocycles. The van der Waals surface area contributed by atoms with Crippen molar-refractivity contribution in [1.82, 2.24) is 0 Å². The molecule has 0 bridgehead atoms. The number of ether oxygens (including phenoxy) is 2. The molecule has 0 saturated heterocycles. The van der Waals surface area contributed by atoms with Gasteiger partial charge in [-0.1, -0.05) is 12.2 Å². The summed E-state index contributed by atoms with van der Waals surface area (Å²) in [7, 11) is 0. The number of aliphatic hydroxyl groups excluding tert-OH is 2. The topological polar surface area (TPSA) is 58.9 Å². The van der Waals surface area contributed by atoms with Gasteiger partial charge in [-0.2, -0.15) is 0 Å². The fraction of sp³-hybridized carbons (Fsp3) is 0.667. The van der Waals surface area contributed by atoms with Gasteiger partial charge in [0.25, 0.3) is 0 Å². The van der Waals surface area contributed by atoms with Crippen molar-refractivity contribution >= 4 is 0 Å². The van der Waals surface area contributed by atoms with Crippen LogP contribution in [0, 0.1) is 0 Å². The minimum absolute atomic E-state index is 0.207. The Hall–Kier alpha value is -0.680. The van der Waals surface area contributed by atoms with Crippen LogP contribution in [0.4, 0.5) is 0 Å². The second-order valence-electron chi connectivity index (χ2n) is 3.77. The van der Waals surface area contributed by atoms with E-state index in [2.05, 4.69) is 13.2 Å². The van der Waals surface area contributed by atoms with Gasteiger partial charge >= 0.3 is 0 Å². The van der Waals surface area contributed by atoms with E-state index in [0.29, 0.717) is 0 Å². The van der Waals surface area contributed by atoms with Crippen LogP contribution in [0.15, 0.2) is 25.3 Å². The Morgan fingerprint density at radius 2 is 1.25 bits per heavy atom. The van der Waals surface area contributed by atoms with Crippen LogP contribution < -0.4 is 0 Å². The summed E-state index contributed by atoms with van der Waals surface area (Å²) in [6, 6.07) is 0. The highest BCUT2D eigenvalue weighted by Gasteiger charge is 2.18. The van der Waals surface area contributed by atoms with Gasteiger partial charge in [0, 0.05) is 0 Å². The van der Waals surface area contributed by atoms with Crippen molar-refractivity contribution in [3.05, 3.63) is 25.3 Å². The third-order valence-corrected chi connectivity index (χ3v) is 1.85. The molecule has 0 rings (SSSR count). The predicted molar refractivity (Wildman–Crippen MR) is 63.2 cm³/mol. The second kappa shape index (κ2) is 8.47. The molecule has 0 spiro atoms. The van der Waals surface area contributed by atoms with E-state index in [-0.39, 0.29) is 25.4 Å². The van der Waals surface area contributed by atoms with Gasteiger partial charge in [0.2, 0.25) is 0 Å². The predicted octanol–water partition coefficient (Wildman–Crippen LogP) is 0.890. The lowest BCUT2D eigenvalue weighted by atomic mass is 10.2. The minimum atomic E-state index is -0.537. The Balaban J connectivity index is 4.15. The summed E-state index contributed by atoms with van der Waals surface area (Å²) in [6.07, 6.45) is 1.37. The molecule has 0 aliphatic heterocycles. The average molecular weight is 230 g/mol. The van der Waals surface area contributed by atoms with Crippen LogP contribution in [0.3, 0.4) is 0 Å². The molecule has 4 nitrogen and oxygen atoms in total. The molecule has 0 fully saturated rings. The fourth-order valence-corrected chi connectivity index (χ4v) is 1.09. The lowest BCUT2D eigenvalue weighted by molar-refractivity contribution is -0.0666.